The highest BCUT2D eigenvalue weighted by Crippen LogP contribution is 2.39. The van der Waals surface area contributed by atoms with Crippen molar-refractivity contribution in [3.63, 3.8) is 0 Å². The van der Waals surface area contributed by atoms with Crippen LogP contribution in [-0.2, 0) is 6.42 Å². The van der Waals surface area contributed by atoms with E-state index in [0.29, 0.717) is 5.56 Å². The Morgan fingerprint density at radius 2 is 1.46 bits per heavy atom. The highest BCUT2D eigenvalue weighted by molar-refractivity contribution is 5.72. The van der Waals surface area contributed by atoms with E-state index < -0.39 is 11.6 Å². The third-order valence-electron chi connectivity index (χ3n) is 7.93. The summed E-state index contributed by atoms with van der Waals surface area (Å²) in [4.78, 5) is 0. The molecule has 0 atom stereocenters. The molecule has 1 aliphatic rings. The fraction of sp³-hybridized carbons (Fsp3) is 0.412. The number of rotatable bonds is 10. The van der Waals surface area contributed by atoms with Crippen LogP contribution in [0.4, 0.5) is 13.2 Å². The lowest BCUT2D eigenvalue weighted by atomic mass is 9.77. The van der Waals surface area contributed by atoms with Crippen molar-refractivity contribution in [3.05, 3.63) is 94.3 Å². The second-order valence-corrected chi connectivity index (χ2v) is 10.6. The summed E-state index contributed by atoms with van der Waals surface area (Å²) in [5.41, 5.74) is 4.18. The van der Waals surface area contributed by atoms with Gasteiger partial charge in [-0.15, -0.1) is 0 Å². The first kappa shape index (κ1) is 27.2. The molecule has 0 heterocycles. The molecule has 0 saturated heterocycles. The minimum atomic E-state index is -0.768. The topological polar surface area (TPSA) is 0 Å². The van der Waals surface area contributed by atoms with Gasteiger partial charge in [0, 0.05) is 5.56 Å². The summed E-state index contributed by atoms with van der Waals surface area (Å²) in [6.07, 6.45) is 13.9. The third kappa shape index (κ3) is 6.94. The maximum Gasteiger partial charge on any atom is 0.166 e. The van der Waals surface area contributed by atoms with Crippen molar-refractivity contribution in [2.45, 2.75) is 84.0 Å². The Morgan fingerprint density at radius 1 is 0.730 bits per heavy atom. The molecule has 0 nitrogen and oxygen atoms in total. The van der Waals surface area contributed by atoms with E-state index in [4.69, 9.17) is 0 Å². The molecule has 0 bridgehead atoms. The van der Waals surface area contributed by atoms with Crippen LogP contribution in [0, 0.1) is 23.4 Å². The smallest absolute Gasteiger partial charge is 0.166 e. The molecule has 1 fully saturated rings. The lowest BCUT2D eigenvalue weighted by Gasteiger charge is -2.29. The van der Waals surface area contributed by atoms with E-state index in [2.05, 4.69) is 13.8 Å². The first-order valence-corrected chi connectivity index (χ1v) is 14.0. The molecule has 3 heteroatoms. The van der Waals surface area contributed by atoms with Crippen LogP contribution in [0.1, 0.15) is 99.8 Å². The molecule has 37 heavy (non-hydrogen) atoms. The average Bonchev–Trinajstić information content (AvgIpc) is 2.92. The fourth-order valence-corrected chi connectivity index (χ4v) is 5.66. The molecule has 0 spiro atoms. The summed E-state index contributed by atoms with van der Waals surface area (Å²) in [6, 6.07) is 16.6. The number of aryl methyl sites for hydroxylation is 1. The van der Waals surface area contributed by atoms with Gasteiger partial charge < -0.3 is 0 Å². The SMILES string of the molecule is CCCCCc1ccc(-c2ccc(/C=C/c3ccc(C4CCC(CCC)CC4)c(F)c3F)cc2)cc1F. The molecule has 0 unspecified atom stereocenters. The summed E-state index contributed by atoms with van der Waals surface area (Å²) in [7, 11) is 0. The molecule has 0 N–H and O–H groups in total. The second-order valence-electron chi connectivity index (χ2n) is 10.6. The Balaban J connectivity index is 1.41. The normalized spacial score (nSPS) is 18.0. The van der Waals surface area contributed by atoms with Crippen molar-refractivity contribution in [1.29, 1.82) is 0 Å². The number of benzene rings is 3. The van der Waals surface area contributed by atoms with Crippen LogP contribution in [0.25, 0.3) is 23.3 Å². The fourth-order valence-electron chi connectivity index (χ4n) is 5.66. The maximum absolute atomic E-state index is 15.0. The first-order valence-electron chi connectivity index (χ1n) is 14.0. The van der Waals surface area contributed by atoms with Crippen LogP contribution >= 0.6 is 0 Å². The highest BCUT2D eigenvalue weighted by atomic mass is 19.2. The standard InChI is InChI=1S/C34H39F3/c1-3-5-6-8-28-19-20-30(23-32(28)35)26-14-9-25(10-15-26)13-18-29-21-22-31(34(37)33(29)36)27-16-11-24(7-4-2)12-17-27/h9-10,13-15,18-24,27H,3-8,11-12,16-17H2,1-2H3/b18-13+. The molecular formula is C34H39F3. The molecule has 1 saturated carbocycles. The van der Waals surface area contributed by atoms with Gasteiger partial charge in [-0.2, -0.15) is 0 Å². The summed E-state index contributed by atoms with van der Waals surface area (Å²) < 4.78 is 44.4. The molecule has 196 valence electrons. The minimum absolute atomic E-state index is 0.114. The molecule has 0 aliphatic heterocycles. The zero-order valence-corrected chi connectivity index (χ0v) is 22.2. The predicted octanol–water partition coefficient (Wildman–Crippen LogP) is 10.7. The zero-order chi connectivity index (χ0) is 26.2. The Hall–Kier alpha value is -2.81. The molecule has 1 aliphatic carbocycles. The Morgan fingerprint density at radius 3 is 2.14 bits per heavy atom. The van der Waals surface area contributed by atoms with Crippen molar-refractivity contribution < 1.29 is 13.2 Å². The van der Waals surface area contributed by atoms with Crippen LogP contribution in [0.5, 0.6) is 0 Å². The molecule has 0 amide bonds. The van der Waals surface area contributed by atoms with Gasteiger partial charge in [-0.05, 0) is 84.2 Å². The summed E-state index contributed by atoms with van der Waals surface area (Å²) in [5, 5.41) is 0. The molecule has 0 aromatic heterocycles. The molecule has 0 radical (unpaired) electrons. The van der Waals surface area contributed by atoms with Crippen molar-refractivity contribution >= 4 is 12.2 Å². The third-order valence-corrected chi connectivity index (χ3v) is 7.93. The van der Waals surface area contributed by atoms with Crippen LogP contribution in [-0.4, -0.2) is 0 Å². The van der Waals surface area contributed by atoms with Gasteiger partial charge >= 0.3 is 0 Å². The second kappa shape index (κ2) is 13.1. The van der Waals surface area contributed by atoms with Crippen LogP contribution in [0.15, 0.2) is 54.6 Å². The largest absolute Gasteiger partial charge is 0.207 e. The van der Waals surface area contributed by atoms with Gasteiger partial charge in [-0.1, -0.05) is 100 Å². The van der Waals surface area contributed by atoms with Gasteiger partial charge in [0.15, 0.2) is 11.6 Å². The highest BCUT2D eigenvalue weighted by Gasteiger charge is 2.25. The van der Waals surface area contributed by atoms with Gasteiger partial charge in [0.2, 0.25) is 0 Å². The van der Waals surface area contributed by atoms with Gasteiger partial charge in [-0.25, -0.2) is 13.2 Å². The van der Waals surface area contributed by atoms with E-state index in [0.717, 1.165) is 79.5 Å². The van der Waals surface area contributed by atoms with Crippen molar-refractivity contribution in [1.82, 2.24) is 0 Å². The molecule has 3 aromatic rings. The van der Waals surface area contributed by atoms with E-state index in [1.807, 2.05) is 36.4 Å². The van der Waals surface area contributed by atoms with Crippen molar-refractivity contribution in [2.24, 2.45) is 5.92 Å². The monoisotopic (exact) mass is 504 g/mol. The van der Waals surface area contributed by atoms with E-state index in [-0.39, 0.29) is 17.3 Å². The van der Waals surface area contributed by atoms with Crippen LogP contribution in [0.3, 0.4) is 0 Å². The number of hydrogen-bond acceptors (Lipinski definition) is 0. The van der Waals surface area contributed by atoms with Gasteiger partial charge in [0.1, 0.15) is 5.82 Å². The lowest BCUT2D eigenvalue weighted by molar-refractivity contribution is 0.303. The van der Waals surface area contributed by atoms with Gasteiger partial charge in [0.05, 0.1) is 0 Å². The number of unbranched alkanes of at least 4 members (excludes halogenated alkanes) is 2. The lowest BCUT2D eigenvalue weighted by Crippen LogP contribution is -2.15. The van der Waals surface area contributed by atoms with Gasteiger partial charge in [-0.3, -0.25) is 0 Å². The van der Waals surface area contributed by atoms with Crippen molar-refractivity contribution in [2.75, 3.05) is 0 Å². The van der Waals surface area contributed by atoms with Crippen molar-refractivity contribution in [3.8, 4) is 11.1 Å². The Labute approximate surface area is 220 Å². The molecule has 3 aromatic carbocycles. The Bertz CT molecular complexity index is 1180. The van der Waals surface area contributed by atoms with E-state index in [9.17, 15) is 13.2 Å². The van der Waals surface area contributed by atoms with Crippen LogP contribution in [0.2, 0.25) is 0 Å². The first-order chi connectivity index (χ1) is 18.0. The summed E-state index contributed by atoms with van der Waals surface area (Å²) in [5.74, 6) is -0.778. The predicted molar refractivity (Wildman–Crippen MR) is 150 cm³/mol. The summed E-state index contributed by atoms with van der Waals surface area (Å²) >= 11 is 0. The van der Waals surface area contributed by atoms with Gasteiger partial charge in [0.25, 0.3) is 0 Å². The molecular weight excluding hydrogens is 465 g/mol. The van der Waals surface area contributed by atoms with E-state index in [1.165, 1.54) is 12.8 Å². The average molecular weight is 505 g/mol. The minimum Gasteiger partial charge on any atom is -0.207 e. The van der Waals surface area contributed by atoms with E-state index >= 15 is 0 Å². The summed E-state index contributed by atoms with van der Waals surface area (Å²) in [6.45, 7) is 4.35. The number of halogens is 3. The van der Waals surface area contributed by atoms with E-state index in [1.54, 1.807) is 30.4 Å². The molecule has 4 rings (SSSR count). The Kier molecular flexibility index (Phi) is 9.66. The van der Waals surface area contributed by atoms with Crippen LogP contribution < -0.4 is 0 Å². The number of hydrogen-bond donors (Lipinski definition) is 0. The quantitative estimate of drug-likeness (QED) is 0.190. The maximum atomic E-state index is 15.0. The zero-order valence-electron chi connectivity index (χ0n) is 22.2.